The number of carbonyl (C=O) groups is 1. The molecule has 21 heavy (non-hydrogen) atoms. The molecule has 0 fully saturated rings. The van der Waals surface area contributed by atoms with Crippen LogP contribution < -0.4 is 4.74 Å². The van der Waals surface area contributed by atoms with E-state index in [0.29, 0.717) is 16.9 Å². The molecule has 0 bridgehead atoms. The van der Waals surface area contributed by atoms with Crippen molar-refractivity contribution in [3.8, 4) is 5.75 Å². The molecule has 2 rings (SSSR count). The first-order chi connectivity index (χ1) is 9.82. The van der Waals surface area contributed by atoms with Gasteiger partial charge < -0.3 is 4.74 Å². The van der Waals surface area contributed by atoms with Crippen LogP contribution in [0.4, 0.5) is 0 Å². The zero-order valence-corrected chi connectivity index (χ0v) is 13.4. The molecule has 2 aromatic carbocycles. The van der Waals surface area contributed by atoms with Crippen LogP contribution in [-0.4, -0.2) is 12.9 Å². The van der Waals surface area contributed by atoms with E-state index in [2.05, 4.69) is 20.8 Å². The molecule has 0 N–H and O–H groups in total. The van der Waals surface area contributed by atoms with Gasteiger partial charge in [-0.15, -0.1) is 0 Å². The highest BCUT2D eigenvalue weighted by atomic mass is 16.5. The van der Waals surface area contributed by atoms with Crippen LogP contribution >= 0.6 is 0 Å². The van der Waals surface area contributed by atoms with Gasteiger partial charge in [-0.1, -0.05) is 56.7 Å². The van der Waals surface area contributed by atoms with Gasteiger partial charge in [-0.25, -0.2) is 0 Å². The van der Waals surface area contributed by atoms with Crippen LogP contribution in [0.2, 0.25) is 0 Å². The molecule has 0 spiro atoms. The first kappa shape index (κ1) is 15.3. The van der Waals surface area contributed by atoms with Gasteiger partial charge in [-0.05, 0) is 30.0 Å². The largest absolute Gasteiger partial charge is 0.496 e. The summed E-state index contributed by atoms with van der Waals surface area (Å²) >= 11 is 0. The first-order valence-electron chi connectivity index (χ1n) is 7.13. The van der Waals surface area contributed by atoms with Crippen molar-refractivity contribution in [1.29, 1.82) is 0 Å². The lowest BCUT2D eigenvalue weighted by molar-refractivity contribution is 0.103. The summed E-state index contributed by atoms with van der Waals surface area (Å²) in [4.78, 5) is 12.7. The molecular formula is C19H22O2. The molecule has 0 aromatic heterocycles. The van der Waals surface area contributed by atoms with Crippen LogP contribution in [0.5, 0.6) is 5.75 Å². The molecular weight excluding hydrogens is 260 g/mol. The average molecular weight is 282 g/mol. The predicted octanol–water partition coefficient (Wildman–Crippen LogP) is 4.53. The molecule has 0 atom stereocenters. The summed E-state index contributed by atoms with van der Waals surface area (Å²) in [6.07, 6.45) is 0. The normalized spacial score (nSPS) is 11.3. The summed E-state index contributed by atoms with van der Waals surface area (Å²) in [5.41, 5.74) is 3.65. The quantitative estimate of drug-likeness (QED) is 0.773. The van der Waals surface area contributed by atoms with E-state index in [0.717, 1.165) is 5.56 Å². The lowest BCUT2D eigenvalue weighted by Gasteiger charge is -2.19. The summed E-state index contributed by atoms with van der Waals surface area (Å²) in [5, 5.41) is 0. The Morgan fingerprint density at radius 1 is 1.00 bits per heavy atom. The van der Waals surface area contributed by atoms with Crippen molar-refractivity contribution in [3.63, 3.8) is 0 Å². The standard InChI is InChI=1S/C19H22O2/c1-13-6-11-17(21-5)16(12-13)18(20)14-7-9-15(10-8-14)19(2,3)4/h6-12H,1-5H3. The van der Waals surface area contributed by atoms with Gasteiger partial charge in [0, 0.05) is 5.56 Å². The van der Waals surface area contributed by atoms with E-state index in [1.54, 1.807) is 7.11 Å². The fourth-order valence-corrected chi connectivity index (χ4v) is 2.28. The first-order valence-corrected chi connectivity index (χ1v) is 7.13. The molecule has 2 aromatic rings. The van der Waals surface area contributed by atoms with Gasteiger partial charge in [-0.3, -0.25) is 4.79 Å². The molecule has 2 nitrogen and oxygen atoms in total. The number of aryl methyl sites for hydroxylation is 1. The van der Waals surface area contributed by atoms with Crippen molar-refractivity contribution < 1.29 is 9.53 Å². The maximum atomic E-state index is 12.7. The molecule has 0 saturated carbocycles. The van der Waals surface area contributed by atoms with Gasteiger partial charge in [0.15, 0.2) is 5.78 Å². The lowest BCUT2D eigenvalue weighted by atomic mass is 9.86. The maximum absolute atomic E-state index is 12.7. The Balaban J connectivity index is 2.39. The van der Waals surface area contributed by atoms with Crippen LogP contribution in [0.1, 0.15) is 47.8 Å². The molecule has 0 aliphatic carbocycles. The summed E-state index contributed by atoms with van der Waals surface area (Å²) in [6.45, 7) is 8.45. The topological polar surface area (TPSA) is 26.3 Å². The third kappa shape index (κ3) is 3.33. The third-order valence-corrected chi connectivity index (χ3v) is 3.61. The average Bonchev–Trinajstić information content (AvgIpc) is 2.45. The number of carbonyl (C=O) groups excluding carboxylic acids is 1. The molecule has 0 amide bonds. The molecule has 0 aliphatic heterocycles. The number of hydrogen-bond acceptors (Lipinski definition) is 2. The zero-order chi connectivity index (χ0) is 15.6. The number of hydrogen-bond donors (Lipinski definition) is 0. The van der Waals surface area contributed by atoms with E-state index < -0.39 is 0 Å². The molecule has 110 valence electrons. The van der Waals surface area contributed by atoms with Crippen molar-refractivity contribution in [3.05, 3.63) is 64.7 Å². The van der Waals surface area contributed by atoms with E-state index in [4.69, 9.17) is 4.74 Å². The molecule has 2 heteroatoms. The van der Waals surface area contributed by atoms with Gasteiger partial charge in [0.25, 0.3) is 0 Å². The minimum atomic E-state index is -0.00370. The van der Waals surface area contributed by atoms with Crippen LogP contribution in [0.15, 0.2) is 42.5 Å². The second kappa shape index (κ2) is 5.72. The molecule has 0 heterocycles. The van der Waals surface area contributed by atoms with Crippen molar-refractivity contribution >= 4 is 5.78 Å². The van der Waals surface area contributed by atoms with E-state index in [1.165, 1.54) is 5.56 Å². The van der Waals surface area contributed by atoms with Gasteiger partial charge in [0.2, 0.25) is 0 Å². The summed E-state index contributed by atoms with van der Waals surface area (Å²) in [6, 6.07) is 13.5. The Bertz CT molecular complexity index is 646. The Hall–Kier alpha value is -2.09. The fraction of sp³-hybridized carbons (Fsp3) is 0.316. The highest BCUT2D eigenvalue weighted by molar-refractivity contribution is 6.10. The zero-order valence-electron chi connectivity index (χ0n) is 13.4. The molecule has 0 unspecified atom stereocenters. The van der Waals surface area contributed by atoms with Crippen LogP contribution in [-0.2, 0) is 5.41 Å². The van der Waals surface area contributed by atoms with Crippen molar-refractivity contribution in [2.24, 2.45) is 0 Å². The summed E-state index contributed by atoms with van der Waals surface area (Å²) < 4.78 is 5.30. The Labute approximate surface area is 126 Å². The Kier molecular flexibility index (Phi) is 4.17. The minimum Gasteiger partial charge on any atom is -0.496 e. The monoisotopic (exact) mass is 282 g/mol. The van der Waals surface area contributed by atoms with Crippen LogP contribution in [0, 0.1) is 6.92 Å². The predicted molar refractivity (Wildman–Crippen MR) is 86.3 cm³/mol. The number of methoxy groups -OCH3 is 1. The highest BCUT2D eigenvalue weighted by Crippen LogP contribution is 2.25. The number of rotatable bonds is 3. The molecule has 0 aliphatic rings. The summed E-state index contributed by atoms with van der Waals surface area (Å²) in [7, 11) is 1.59. The SMILES string of the molecule is COc1ccc(C)cc1C(=O)c1ccc(C(C)(C)C)cc1. The Morgan fingerprint density at radius 2 is 1.62 bits per heavy atom. The second-order valence-electron chi connectivity index (χ2n) is 6.36. The van der Waals surface area contributed by atoms with Gasteiger partial charge in [0.1, 0.15) is 5.75 Å². The lowest BCUT2D eigenvalue weighted by Crippen LogP contribution is -2.11. The smallest absolute Gasteiger partial charge is 0.196 e. The van der Waals surface area contributed by atoms with Gasteiger partial charge in [0.05, 0.1) is 12.7 Å². The maximum Gasteiger partial charge on any atom is 0.196 e. The van der Waals surface area contributed by atoms with Crippen molar-refractivity contribution in [2.45, 2.75) is 33.1 Å². The number of ketones is 1. The van der Waals surface area contributed by atoms with E-state index >= 15 is 0 Å². The third-order valence-electron chi connectivity index (χ3n) is 3.61. The number of benzene rings is 2. The van der Waals surface area contributed by atoms with E-state index in [9.17, 15) is 4.79 Å². The fourth-order valence-electron chi connectivity index (χ4n) is 2.28. The molecule has 0 saturated heterocycles. The van der Waals surface area contributed by atoms with E-state index in [-0.39, 0.29) is 11.2 Å². The highest BCUT2D eigenvalue weighted by Gasteiger charge is 2.17. The van der Waals surface area contributed by atoms with Crippen LogP contribution in [0.3, 0.4) is 0 Å². The van der Waals surface area contributed by atoms with Gasteiger partial charge in [-0.2, -0.15) is 0 Å². The molecule has 0 radical (unpaired) electrons. The Morgan fingerprint density at radius 3 is 2.14 bits per heavy atom. The van der Waals surface area contributed by atoms with Crippen molar-refractivity contribution in [1.82, 2.24) is 0 Å². The van der Waals surface area contributed by atoms with Gasteiger partial charge >= 0.3 is 0 Å². The number of ether oxygens (including phenoxy) is 1. The van der Waals surface area contributed by atoms with E-state index in [1.807, 2.05) is 49.4 Å². The second-order valence-corrected chi connectivity index (χ2v) is 6.36. The summed E-state index contributed by atoms with van der Waals surface area (Å²) in [5.74, 6) is 0.613. The van der Waals surface area contributed by atoms with Crippen molar-refractivity contribution in [2.75, 3.05) is 7.11 Å². The minimum absolute atomic E-state index is 0.00370. The van der Waals surface area contributed by atoms with Crippen LogP contribution in [0.25, 0.3) is 0 Å².